The monoisotopic (exact) mass is 449 g/mol. The van der Waals surface area contributed by atoms with E-state index in [-0.39, 0.29) is 23.6 Å². The van der Waals surface area contributed by atoms with Gasteiger partial charge in [0.1, 0.15) is 11.8 Å². The molecule has 0 saturated carbocycles. The van der Waals surface area contributed by atoms with Gasteiger partial charge in [-0.25, -0.2) is 0 Å². The number of carbonyl (C=O) groups is 3. The Morgan fingerprint density at radius 3 is 2.33 bits per heavy atom. The van der Waals surface area contributed by atoms with E-state index in [1.165, 1.54) is 0 Å². The van der Waals surface area contributed by atoms with Gasteiger partial charge in [-0.05, 0) is 48.6 Å². The topological polar surface area (TPSA) is 79.0 Å². The Hall–Kier alpha value is -3.35. The molecule has 2 aliphatic rings. The average Bonchev–Trinajstić information content (AvgIpc) is 3.19. The number of hydrogen-bond donors (Lipinski definition) is 1. The molecule has 2 fully saturated rings. The summed E-state index contributed by atoms with van der Waals surface area (Å²) in [6.07, 6.45) is 1.86. The highest BCUT2D eigenvalue weighted by atomic mass is 16.5. The van der Waals surface area contributed by atoms with Crippen LogP contribution in [0.5, 0.6) is 5.75 Å². The lowest BCUT2D eigenvalue weighted by atomic mass is 9.96. The molecule has 4 rings (SSSR count). The number of likely N-dealkylation sites (tertiary alicyclic amines) is 1. The van der Waals surface area contributed by atoms with Crippen LogP contribution in [0.1, 0.15) is 25.3 Å². The van der Waals surface area contributed by atoms with E-state index in [2.05, 4.69) is 17.4 Å². The Morgan fingerprint density at radius 2 is 1.73 bits per heavy atom. The number of carbonyl (C=O) groups excluding carboxylic acids is 3. The summed E-state index contributed by atoms with van der Waals surface area (Å²) in [6, 6.07) is 15.6. The summed E-state index contributed by atoms with van der Waals surface area (Å²) in [7, 11) is 1.65. The van der Waals surface area contributed by atoms with Crippen LogP contribution in [0, 0.1) is 5.92 Å². The number of ether oxygens (including phenoxy) is 1. The summed E-state index contributed by atoms with van der Waals surface area (Å²) in [5.41, 5.74) is 3.23. The van der Waals surface area contributed by atoms with E-state index in [4.69, 9.17) is 4.74 Å². The average molecular weight is 450 g/mol. The van der Waals surface area contributed by atoms with Crippen molar-refractivity contribution in [3.05, 3.63) is 54.1 Å². The number of hydrogen-bond acceptors (Lipinski definition) is 4. The molecule has 0 spiro atoms. The molecule has 2 atom stereocenters. The van der Waals surface area contributed by atoms with Gasteiger partial charge in [-0.3, -0.25) is 14.4 Å². The van der Waals surface area contributed by atoms with Gasteiger partial charge in [0.25, 0.3) is 0 Å². The van der Waals surface area contributed by atoms with E-state index in [9.17, 15) is 14.4 Å². The zero-order chi connectivity index (χ0) is 23.4. The predicted octanol–water partition coefficient (Wildman–Crippen LogP) is 2.49. The smallest absolute Gasteiger partial charge is 0.245 e. The number of rotatable bonds is 6. The van der Waals surface area contributed by atoms with E-state index in [0.717, 1.165) is 28.9 Å². The second-order valence-electron chi connectivity index (χ2n) is 8.77. The Bertz CT molecular complexity index is 1000. The Kier molecular flexibility index (Phi) is 6.96. The number of amides is 3. The highest BCUT2D eigenvalue weighted by molar-refractivity contribution is 5.89. The Balaban J connectivity index is 1.43. The van der Waals surface area contributed by atoms with Gasteiger partial charge in [-0.15, -0.1) is 0 Å². The van der Waals surface area contributed by atoms with Gasteiger partial charge < -0.3 is 19.9 Å². The van der Waals surface area contributed by atoms with Crippen LogP contribution in [0.2, 0.25) is 0 Å². The summed E-state index contributed by atoms with van der Waals surface area (Å²) >= 11 is 0. The summed E-state index contributed by atoms with van der Waals surface area (Å²) in [5.74, 6) is 0.409. The van der Waals surface area contributed by atoms with E-state index in [1.807, 2.05) is 36.4 Å². The molecule has 174 valence electrons. The van der Waals surface area contributed by atoms with Crippen molar-refractivity contribution in [1.29, 1.82) is 0 Å². The first kappa shape index (κ1) is 22.8. The van der Waals surface area contributed by atoms with Gasteiger partial charge in [0.2, 0.25) is 17.7 Å². The first-order chi connectivity index (χ1) is 16.0. The first-order valence-corrected chi connectivity index (χ1v) is 11.6. The van der Waals surface area contributed by atoms with Crippen molar-refractivity contribution in [2.24, 2.45) is 5.92 Å². The molecular weight excluding hydrogens is 418 g/mol. The van der Waals surface area contributed by atoms with E-state index >= 15 is 0 Å². The zero-order valence-electron chi connectivity index (χ0n) is 19.3. The third-order valence-electron chi connectivity index (χ3n) is 6.60. The highest BCUT2D eigenvalue weighted by Crippen LogP contribution is 2.24. The lowest BCUT2D eigenvalue weighted by Crippen LogP contribution is -2.49. The molecule has 0 radical (unpaired) electrons. The molecular formula is C26H31N3O4. The number of benzene rings is 2. The van der Waals surface area contributed by atoms with Crippen LogP contribution in [0.3, 0.4) is 0 Å². The third-order valence-corrected chi connectivity index (χ3v) is 6.60. The van der Waals surface area contributed by atoms with Crippen molar-refractivity contribution in [3.8, 4) is 16.9 Å². The molecule has 2 unspecified atom stereocenters. The van der Waals surface area contributed by atoms with E-state index in [0.29, 0.717) is 39.0 Å². The van der Waals surface area contributed by atoms with Gasteiger partial charge in [-0.1, -0.05) is 36.4 Å². The fourth-order valence-electron chi connectivity index (χ4n) is 4.63. The molecule has 33 heavy (non-hydrogen) atoms. The van der Waals surface area contributed by atoms with Gasteiger partial charge >= 0.3 is 0 Å². The van der Waals surface area contributed by atoms with Gasteiger partial charge in [0, 0.05) is 32.6 Å². The second-order valence-corrected chi connectivity index (χ2v) is 8.77. The lowest BCUT2D eigenvalue weighted by molar-refractivity contribution is -0.143. The molecule has 3 amide bonds. The van der Waals surface area contributed by atoms with Crippen molar-refractivity contribution in [3.63, 3.8) is 0 Å². The maximum Gasteiger partial charge on any atom is 0.245 e. The molecule has 1 N–H and O–H groups in total. The van der Waals surface area contributed by atoms with E-state index < -0.39 is 6.04 Å². The SMILES string of the molecule is COc1ccc(-c2ccc(CC3CN(C(=O)C(C)N4CCCC4=O)CCNC3=O)cc2)cc1. The minimum Gasteiger partial charge on any atom is -0.497 e. The molecule has 0 aliphatic carbocycles. The second kappa shape index (κ2) is 10.1. The molecule has 2 aromatic rings. The normalized spacial score (nSPS) is 19.8. The summed E-state index contributed by atoms with van der Waals surface area (Å²) in [5, 5.41) is 2.94. The van der Waals surface area contributed by atoms with Crippen LogP contribution in [0.4, 0.5) is 0 Å². The highest BCUT2D eigenvalue weighted by Gasteiger charge is 2.34. The Morgan fingerprint density at radius 1 is 1.06 bits per heavy atom. The Labute approximate surface area is 194 Å². The molecule has 0 aromatic heterocycles. The minimum absolute atomic E-state index is 0.0329. The van der Waals surface area contributed by atoms with Crippen LogP contribution in [-0.2, 0) is 20.8 Å². The molecule has 2 heterocycles. The summed E-state index contributed by atoms with van der Waals surface area (Å²) in [6.45, 7) is 3.67. The fraction of sp³-hybridized carbons (Fsp3) is 0.423. The standard InChI is InChI=1S/C26H31N3O4/c1-18(29-14-3-4-24(29)30)26(32)28-15-13-27-25(31)22(17-28)16-19-5-7-20(8-6-19)21-9-11-23(33-2)12-10-21/h5-12,18,22H,3-4,13-17H2,1-2H3,(H,27,31). The summed E-state index contributed by atoms with van der Waals surface area (Å²) in [4.78, 5) is 41.3. The zero-order valence-corrected chi connectivity index (χ0v) is 19.3. The summed E-state index contributed by atoms with van der Waals surface area (Å²) < 4.78 is 5.22. The van der Waals surface area contributed by atoms with Crippen molar-refractivity contribution in [2.75, 3.05) is 33.3 Å². The minimum atomic E-state index is -0.488. The number of nitrogens with zero attached hydrogens (tertiary/aromatic N) is 2. The number of nitrogens with one attached hydrogen (secondary N) is 1. The molecule has 7 nitrogen and oxygen atoms in total. The van der Waals surface area contributed by atoms with Crippen molar-refractivity contribution in [2.45, 2.75) is 32.2 Å². The maximum absolute atomic E-state index is 13.1. The van der Waals surface area contributed by atoms with Crippen LogP contribution in [0.25, 0.3) is 11.1 Å². The predicted molar refractivity (Wildman–Crippen MR) is 126 cm³/mol. The first-order valence-electron chi connectivity index (χ1n) is 11.6. The van der Waals surface area contributed by atoms with Crippen molar-refractivity contribution < 1.29 is 19.1 Å². The fourth-order valence-corrected chi connectivity index (χ4v) is 4.63. The quantitative estimate of drug-likeness (QED) is 0.735. The maximum atomic E-state index is 13.1. The van der Waals surface area contributed by atoms with Gasteiger partial charge in [0.05, 0.1) is 13.0 Å². The van der Waals surface area contributed by atoms with Crippen molar-refractivity contribution >= 4 is 17.7 Å². The van der Waals surface area contributed by atoms with Crippen LogP contribution < -0.4 is 10.1 Å². The molecule has 0 bridgehead atoms. The molecule has 2 aromatic carbocycles. The molecule has 7 heteroatoms. The van der Waals surface area contributed by atoms with Crippen LogP contribution in [-0.4, -0.2) is 66.9 Å². The van der Waals surface area contributed by atoms with Crippen LogP contribution >= 0.6 is 0 Å². The van der Waals surface area contributed by atoms with Gasteiger partial charge in [-0.2, -0.15) is 0 Å². The largest absolute Gasteiger partial charge is 0.497 e. The lowest BCUT2D eigenvalue weighted by Gasteiger charge is -2.30. The molecule has 2 aliphatic heterocycles. The number of methoxy groups -OCH3 is 1. The van der Waals surface area contributed by atoms with Crippen molar-refractivity contribution in [1.82, 2.24) is 15.1 Å². The van der Waals surface area contributed by atoms with Crippen LogP contribution in [0.15, 0.2) is 48.5 Å². The molecule has 2 saturated heterocycles. The van der Waals surface area contributed by atoms with E-state index in [1.54, 1.807) is 23.8 Å². The third kappa shape index (κ3) is 5.18. The van der Waals surface area contributed by atoms with Gasteiger partial charge in [0.15, 0.2) is 0 Å².